The molecule has 0 atom stereocenters. The number of aryl methyl sites for hydroxylation is 1. The molecule has 0 fully saturated rings. The van der Waals surface area contributed by atoms with Crippen molar-refractivity contribution >= 4 is 17.2 Å². The summed E-state index contributed by atoms with van der Waals surface area (Å²) in [5.41, 5.74) is 4.91. The number of ether oxygens (including phenoxy) is 2. The number of carbonyl (C=O) groups is 1. The summed E-state index contributed by atoms with van der Waals surface area (Å²) in [6.07, 6.45) is 1.10. The molecule has 4 aromatic carbocycles. The van der Waals surface area contributed by atoms with Gasteiger partial charge >= 0.3 is 0 Å². The fraction of sp³-hybridized carbons (Fsp3) is 0.138. The van der Waals surface area contributed by atoms with Gasteiger partial charge in [-0.1, -0.05) is 48.5 Å². The van der Waals surface area contributed by atoms with E-state index in [1.165, 1.54) is 0 Å². The van der Waals surface area contributed by atoms with Crippen molar-refractivity contribution in [2.45, 2.75) is 19.4 Å². The number of anilines is 2. The van der Waals surface area contributed by atoms with Gasteiger partial charge in [0, 0.05) is 23.4 Å². The highest BCUT2D eigenvalue weighted by Gasteiger charge is 2.09. The van der Waals surface area contributed by atoms with Crippen molar-refractivity contribution in [1.82, 2.24) is 0 Å². The number of hydrogen-bond donors (Lipinski definition) is 1. The molecule has 0 radical (unpaired) electrons. The van der Waals surface area contributed by atoms with E-state index < -0.39 is 0 Å². The van der Waals surface area contributed by atoms with Gasteiger partial charge in [0.05, 0.1) is 7.11 Å². The third-order valence-electron chi connectivity index (χ3n) is 5.43. The fourth-order valence-electron chi connectivity index (χ4n) is 3.56. The maximum atomic E-state index is 12.6. The molecule has 166 valence electrons. The average molecular weight is 438 g/mol. The first-order valence-corrected chi connectivity index (χ1v) is 11.0. The summed E-state index contributed by atoms with van der Waals surface area (Å²) in [4.78, 5) is 12.6. The predicted molar refractivity (Wildman–Crippen MR) is 133 cm³/mol. The van der Waals surface area contributed by atoms with Gasteiger partial charge in [-0.2, -0.15) is 0 Å². The Morgan fingerprint density at radius 2 is 1.42 bits per heavy atom. The molecule has 0 heterocycles. The molecule has 0 aliphatic heterocycles. The molecule has 0 saturated carbocycles. The summed E-state index contributed by atoms with van der Waals surface area (Å²) in [5.74, 6) is 1.69. The zero-order valence-corrected chi connectivity index (χ0v) is 18.7. The molecule has 4 nitrogen and oxygen atoms in total. The van der Waals surface area contributed by atoms with Crippen molar-refractivity contribution < 1.29 is 14.3 Å². The van der Waals surface area contributed by atoms with Crippen LogP contribution in [0.25, 0.3) is 0 Å². The normalized spacial score (nSPS) is 10.5. The Morgan fingerprint density at radius 3 is 2.15 bits per heavy atom. The van der Waals surface area contributed by atoms with E-state index in [-0.39, 0.29) is 5.78 Å². The van der Waals surface area contributed by atoms with E-state index in [2.05, 4.69) is 11.4 Å². The van der Waals surface area contributed by atoms with Crippen LogP contribution in [0.2, 0.25) is 0 Å². The number of methoxy groups -OCH3 is 1. The topological polar surface area (TPSA) is 47.6 Å². The standard InChI is InChI=1S/C29H27NO3/c1-32-26-16-11-24(12-17-26)29(31)20-13-23-9-5-6-10-28(23)30-25-14-18-27(19-15-25)33-21-22-7-3-2-4-8-22/h2-12,14-19,30H,13,20-21H2,1H3. The Morgan fingerprint density at radius 1 is 0.758 bits per heavy atom. The number of ketones is 1. The summed E-state index contributed by atoms with van der Waals surface area (Å²) >= 11 is 0. The van der Waals surface area contributed by atoms with E-state index in [4.69, 9.17) is 9.47 Å². The number of carbonyl (C=O) groups excluding carboxylic acids is 1. The van der Waals surface area contributed by atoms with Crippen molar-refractivity contribution in [3.05, 3.63) is 120 Å². The van der Waals surface area contributed by atoms with E-state index in [1.807, 2.05) is 97.1 Å². The lowest BCUT2D eigenvalue weighted by Gasteiger charge is -2.13. The van der Waals surface area contributed by atoms with Gasteiger partial charge < -0.3 is 14.8 Å². The SMILES string of the molecule is COc1ccc(C(=O)CCc2ccccc2Nc2ccc(OCc3ccccc3)cc2)cc1. The van der Waals surface area contributed by atoms with E-state index in [0.29, 0.717) is 25.0 Å². The Balaban J connectivity index is 1.35. The minimum atomic E-state index is 0.118. The molecule has 0 spiro atoms. The average Bonchev–Trinajstić information content (AvgIpc) is 2.88. The van der Waals surface area contributed by atoms with Gasteiger partial charge in [0.2, 0.25) is 0 Å². The van der Waals surface area contributed by atoms with Crippen LogP contribution < -0.4 is 14.8 Å². The highest BCUT2D eigenvalue weighted by atomic mass is 16.5. The second-order valence-corrected chi connectivity index (χ2v) is 7.73. The molecule has 1 N–H and O–H groups in total. The molecule has 4 heteroatoms. The zero-order valence-electron chi connectivity index (χ0n) is 18.7. The molecular weight excluding hydrogens is 410 g/mol. The van der Waals surface area contributed by atoms with Gasteiger partial charge in [0.1, 0.15) is 18.1 Å². The highest BCUT2D eigenvalue weighted by molar-refractivity contribution is 5.96. The third kappa shape index (κ3) is 6.23. The van der Waals surface area contributed by atoms with Crippen LogP contribution >= 0.6 is 0 Å². The zero-order chi connectivity index (χ0) is 22.9. The molecule has 0 saturated heterocycles. The molecule has 4 rings (SSSR count). The Hall–Kier alpha value is -4.05. The fourth-order valence-corrected chi connectivity index (χ4v) is 3.56. The minimum absolute atomic E-state index is 0.118. The van der Waals surface area contributed by atoms with Crippen molar-refractivity contribution in [3.63, 3.8) is 0 Å². The molecule has 0 unspecified atom stereocenters. The highest BCUT2D eigenvalue weighted by Crippen LogP contribution is 2.25. The third-order valence-corrected chi connectivity index (χ3v) is 5.43. The van der Waals surface area contributed by atoms with Crippen molar-refractivity contribution in [1.29, 1.82) is 0 Å². The van der Waals surface area contributed by atoms with Crippen molar-refractivity contribution in [2.75, 3.05) is 12.4 Å². The van der Waals surface area contributed by atoms with Crippen LogP contribution in [0.5, 0.6) is 11.5 Å². The minimum Gasteiger partial charge on any atom is -0.497 e. The number of Topliss-reactive ketones (excluding diaryl/α,β-unsaturated/α-hetero) is 1. The monoisotopic (exact) mass is 437 g/mol. The number of hydrogen-bond acceptors (Lipinski definition) is 4. The second kappa shape index (κ2) is 11.0. The predicted octanol–water partition coefficient (Wildman–Crippen LogP) is 6.83. The quantitative estimate of drug-likeness (QED) is 0.276. The van der Waals surface area contributed by atoms with Gasteiger partial charge in [-0.3, -0.25) is 4.79 Å². The number of rotatable bonds is 10. The molecule has 33 heavy (non-hydrogen) atoms. The summed E-state index contributed by atoms with van der Waals surface area (Å²) in [6, 6.07) is 33.4. The number of para-hydroxylation sites is 1. The number of benzene rings is 4. The maximum Gasteiger partial charge on any atom is 0.163 e. The van der Waals surface area contributed by atoms with Crippen molar-refractivity contribution in [2.24, 2.45) is 0 Å². The van der Waals surface area contributed by atoms with Gasteiger partial charge in [0.25, 0.3) is 0 Å². The van der Waals surface area contributed by atoms with Gasteiger partial charge in [-0.15, -0.1) is 0 Å². The summed E-state index contributed by atoms with van der Waals surface area (Å²) in [7, 11) is 1.62. The Labute approximate surface area is 194 Å². The molecule has 0 aromatic heterocycles. The smallest absolute Gasteiger partial charge is 0.163 e. The second-order valence-electron chi connectivity index (χ2n) is 7.73. The first-order valence-electron chi connectivity index (χ1n) is 11.0. The van der Waals surface area contributed by atoms with E-state index in [9.17, 15) is 4.79 Å². The van der Waals surface area contributed by atoms with Gasteiger partial charge in [0.15, 0.2) is 5.78 Å². The van der Waals surface area contributed by atoms with Crippen LogP contribution in [0.15, 0.2) is 103 Å². The lowest BCUT2D eigenvalue weighted by atomic mass is 10.0. The summed E-state index contributed by atoms with van der Waals surface area (Å²) in [5, 5.41) is 3.47. The van der Waals surface area contributed by atoms with E-state index >= 15 is 0 Å². The Bertz CT molecular complexity index is 1170. The summed E-state index contributed by atoms with van der Waals surface area (Å²) in [6.45, 7) is 0.540. The Kier molecular flexibility index (Phi) is 7.39. The molecule has 0 amide bonds. The molecule has 0 aliphatic rings. The molecule has 0 bridgehead atoms. The maximum absolute atomic E-state index is 12.6. The van der Waals surface area contributed by atoms with Crippen LogP contribution in [0.1, 0.15) is 27.9 Å². The first kappa shape index (κ1) is 22.2. The van der Waals surface area contributed by atoms with Crippen LogP contribution in [0, 0.1) is 0 Å². The molecular formula is C29H27NO3. The lowest BCUT2D eigenvalue weighted by Crippen LogP contribution is -2.03. The van der Waals surface area contributed by atoms with Crippen molar-refractivity contribution in [3.8, 4) is 11.5 Å². The van der Waals surface area contributed by atoms with Gasteiger partial charge in [-0.25, -0.2) is 0 Å². The molecule has 0 aliphatic carbocycles. The first-order chi connectivity index (χ1) is 16.2. The van der Waals surface area contributed by atoms with E-state index in [0.717, 1.165) is 34.0 Å². The van der Waals surface area contributed by atoms with Crippen LogP contribution in [0.4, 0.5) is 11.4 Å². The molecule has 4 aromatic rings. The lowest BCUT2D eigenvalue weighted by molar-refractivity contribution is 0.0983. The largest absolute Gasteiger partial charge is 0.497 e. The number of nitrogens with one attached hydrogen (secondary N) is 1. The van der Waals surface area contributed by atoms with Crippen LogP contribution in [-0.4, -0.2) is 12.9 Å². The summed E-state index contributed by atoms with van der Waals surface area (Å²) < 4.78 is 11.0. The van der Waals surface area contributed by atoms with Crippen LogP contribution in [0.3, 0.4) is 0 Å². The van der Waals surface area contributed by atoms with Crippen LogP contribution in [-0.2, 0) is 13.0 Å². The van der Waals surface area contributed by atoms with E-state index in [1.54, 1.807) is 7.11 Å². The van der Waals surface area contributed by atoms with Gasteiger partial charge in [-0.05, 0) is 72.1 Å².